The van der Waals surface area contributed by atoms with Gasteiger partial charge in [0.15, 0.2) is 5.65 Å². The summed E-state index contributed by atoms with van der Waals surface area (Å²) in [4.78, 5) is 32.9. The number of aromatic nitrogens is 3. The zero-order valence-corrected chi connectivity index (χ0v) is 12.7. The summed E-state index contributed by atoms with van der Waals surface area (Å²) in [6.45, 7) is 2.47. The molecule has 0 fully saturated rings. The van der Waals surface area contributed by atoms with Crippen LogP contribution in [0, 0.1) is 6.92 Å². The fourth-order valence-corrected chi connectivity index (χ4v) is 2.40. The third kappa shape index (κ3) is 3.11. The lowest BCUT2D eigenvalue weighted by molar-refractivity contribution is 0.0952. The molecule has 1 N–H and O–H groups in total. The smallest absolute Gasteiger partial charge is 0.263 e. The van der Waals surface area contributed by atoms with Gasteiger partial charge in [-0.1, -0.05) is 18.2 Å². The first-order chi connectivity index (χ1) is 11.2. The Labute approximate surface area is 132 Å². The van der Waals surface area contributed by atoms with Crippen molar-refractivity contribution < 1.29 is 4.79 Å². The molecule has 0 radical (unpaired) electrons. The molecule has 0 saturated heterocycles. The molecule has 6 heteroatoms. The monoisotopic (exact) mass is 308 g/mol. The van der Waals surface area contributed by atoms with Crippen molar-refractivity contribution in [3.8, 4) is 0 Å². The average Bonchev–Trinajstić information content (AvgIpc) is 2.58. The molecule has 1 amide bonds. The van der Waals surface area contributed by atoms with Gasteiger partial charge in [0.25, 0.3) is 11.5 Å². The minimum absolute atomic E-state index is 0.144. The van der Waals surface area contributed by atoms with Gasteiger partial charge in [0.1, 0.15) is 5.82 Å². The predicted octanol–water partition coefficient (Wildman–Crippen LogP) is 1.53. The van der Waals surface area contributed by atoms with E-state index in [2.05, 4.69) is 15.3 Å². The van der Waals surface area contributed by atoms with Gasteiger partial charge in [-0.2, -0.15) is 0 Å². The average molecular weight is 308 g/mol. The molecule has 0 bridgehead atoms. The molecule has 0 aliphatic rings. The van der Waals surface area contributed by atoms with Gasteiger partial charge in [-0.05, 0) is 31.2 Å². The van der Waals surface area contributed by atoms with E-state index >= 15 is 0 Å². The highest BCUT2D eigenvalue weighted by Crippen LogP contribution is 2.04. The normalized spacial score (nSPS) is 10.7. The molecule has 0 spiro atoms. The van der Waals surface area contributed by atoms with Crippen molar-refractivity contribution in [2.45, 2.75) is 13.5 Å². The molecule has 23 heavy (non-hydrogen) atoms. The number of carbonyl (C=O) groups excluding carboxylic acids is 1. The summed E-state index contributed by atoms with van der Waals surface area (Å²) in [6, 6.07) is 12.4. The third-order valence-corrected chi connectivity index (χ3v) is 3.58. The SMILES string of the molecule is Cc1nc2ncccc2c(=O)n1CCNC(=O)c1ccccc1. The lowest BCUT2D eigenvalue weighted by Crippen LogP contribution is -2.32. The second kappa shape index (κ2) is 6.39. The van der Waals surface area contributed by atoms with E-state index in [-0.39, 0.29) is 11.5 Å². The van der Waals surface area contributed by atoms with Gasteiger partial charge in [-0.3, -0.25) is 14.2 Å². The minimum atomic E-state index is -0.160. The second-order valence-electron chi connectivity index (χ2n) is 5.11. The number of nitrogens with one attached hydrogen (secondary N) is 1. The summed E-state index contributed by atoms with van der Waals surface area (Å²) >= 11 is 0. The molecule has 0 atom stereocenters. The molecule has 2 aromatic heterocycles. The maximum absolute atomic E-state index is 12.5. The lowest BCUT2D eigenvalue weighted by atomic mass is 10.2. The summed E-state index contributed by atoms with van der Waals surface area (Å²) in [6.07, 6.45) is 1.61. The van der Waals surface area contributed by atoms with Crippen LogP contribution in [0.1, 0.15) is 16.2 Å². The standard InChI is InChI=1S/C17H16N4O2/c1-12-20-15-14(8-5-9-18-15)17(23)21(12)11-10-19-16(22)13-6-3-2-4-7-13/h2-9H,10-11H2,1H3,(H,19,22). The first kappa shape index (κ1) is 14.9. The highest BCUT2D eigenvalue weighted by atomic mass is 16.1. The van der Waals surface area contributed by atoms with Crippen LogP contribution >= 0.6 is 0 Å². The van der Waals surface area contributed by atoms with Crippen LogP contribution in [0.5, 0.6) is 0 Å². The summed E-state index contributed by atoms with van der Waals surface area (Å²) in [7, 11) is 0. The van der Waals surface area contributed by atoms with E-state index in [0.29, 0.717) is 35.5 Å². The largest absolute Gasteiger partial charge is 0.350 e. The molecular weight excluding hydrogens is 292 g/mol. The number of amides is 1. The first-order valence-corrected chi connectivity index (χ1v) is 7.32. The number of fused-ring (bicyclic) bond motifs is 1. The van der Waals surface area contributed by atoms with E-state index in [0.717, 1.165) is 0 Å². The molecule has 0 unspecified atom stereocenters. The van der Waals surface area contributed by atoms with Crippen LogP contribution in [-0.4, -0.2) is 27.0 Å². The number of benzene rings is 1. The summed E-state index contributed by atoms with van der Waals surface area (Å²) in [5.74, 6) is 0.418. The first-order valence-electron chi connectivity index (χ1n) is 7.32. The van der Waals surface area contributed by atoms with Crippen molar-refractivity contribution in [3.05, 3.63) is 70.4 Å². The van der Waals surface area contributed by atoms with Crippen molar-refractivity contribution in [1.29, 1.82) is 0 Å². The zero-order valence-electron chi connectivity index (χ0n) is 12.7. The Morgan fingerprint density at radius 3 is 2.74 bits per heavy atom. The fourth-order valence-electron chi connectivity index (χ4n) is 2.40. The van der Waals surface area contributed by atoms with Crippen LogP contribution in [0.4, 0.5) is 0 Å². The number of nitrogens with zero attached hydrogens (tertiary/aromatic N) is 3. The molecular formula is C17H16N4O2. The zero-order chi connectivity index (χ0) is 16.2. The Hall–Kier alpha value is -3.02. The van der Waals surface area contributed by atoms with E-state index in [1.165, 1.54) is 0 Å². The molecule has 0 saturated carbocycles. The molecule has 2 heterocycles. The van der Waals surface area contributed by atoms with E-state index in [1.54, 1.807) is 42.0 Å². The van der Waals surface area contributed by atoms with Crippen LogP contribution in [-0.2, 0) is 6.54 Å². The molecule has 6 nitrogen and oxygen atoms in total. The molecule has 3 rings (SSSR count). The van der Waals surface area contributed by atoms with Crippen LogP contribution in [0.2, 0.25) is 0 Å². The number of hydrogen-bond donors (Lipinski definition) is 1. The van der Waals surface area contributed by atoms with Crippen LogP contribution in [0.3, 0.4) is 0 Å². The van der Waals surface area contributed by atoms with E-state index < -0.39 is 0 Å². The van der Waals surface area contributed by atoms with Crippen LogP contribution in [0.25, 0.3) is 11.0 Å². The quantitative estimate of drug-likeness (QED) is 0.793. The number of carbonyl (C=O) groups is 1. The van der Waals surface area contributed by atoms with Crippen molar-refractivity contribution >= 4 is 16.9 Å². The Kier molecular flexibility index (Phi) is 4.14. The topological polar surface area (TPSA) is 76.9 Å². The van der Waals surface area contributed by atoms with Gasteiger partial charge in [-0.15, -0.1) is 0 Å². The van der Waals surface area contributed by atoms with E-state index in [9.17, 15) is 9.59 Å². The fraction of sp³-hybridized carbons (Fsp3) is 0.176. The number of rotatable bonds is 4. The Morgan fingerprint density at radius 2 is 1.96 bits per heavy atom. The van der Waals surface area contributed by atoms with E-state index in [4.69, 9.17) is 0 Å². The number of pyridine rings is 1. The number of aryl methyl sites for hydroxylation is 1. The molecule has 0 aliphatic heterocycles. The molecule has 1 aromatic carbocycles. The molecule has 0 aliphatic carbocycles. The third-order valence-electron chi connectivity index (χ3n) is 3.58. The second-order valence-corrected chi connectivity index (χ2v) is 5.11. The lowest BCUT2D eigenvalue weighted by Gasteiger charge is -2.11. The maximum atomic E-state index is 12.5. The molecule has 3 aromatic rings. The van der Waals surface area contributed by atoms with Crippen LogP contribution in [0.15, 0.2) is 53.5 Å². The predicted molar refractivity (Wildman–Crippen MR) is 87.3 cm³/mol. The maximum Gasteiger partial charge on any atom is 0.263 e. The number of hydrogen-bond acceptors (Lipinski definition) is 4. The summed E-state index contributed by atoms with van der Waals surface area (Å²) < 4.78 is 1.55. The van der Waals surface area contributed by atoms with Crippen molar-refractivity contribution in [2.24, 2.45) is 0 Å². The van der Waals surface area contributed by atoms with Gasteiger partial charge >= 0.3 is 0 Å². The van der Waals surface area contributed by atoms with Gasteiger partial charge in [0, 0.05) is 24.8 Å². The summed E-state index contributed by atoms with van der Waals surface area (Å²) in [5.41, 5.74) is 0.895. The van der Waals surface area contributed by atoms with Crippen molar-refractivity contribution in [2.75, 3.05) is 6.54 Å². The van der Waals surface area contributed by atoms with Gasteiger partial charge in [0.2, 0.25) is 0 Å². The van der Waals surface area contributed by atoms with Crippen molar-refractivity contribution in [1.82, 2.24) is 19.9 Å². The van der Waals surface area contributed by atoms with Gasteiger partial charge in [-0.25, -0.2) is 9.97 Å². The van der Waals surface area contributed by atoms with Gasteiger partial charge in [0.05, 0.1) is 5.39 Å². The van der Waals surface area contributed by atoms with Crippen molar-refractivity contribution in [3.63, 3.8) is 0 Å². The Balaban J connectivity index is 1.75. The summed E-state index contributed by atoms with van der Waals surface area (Å²) in [5, 5.41) is 3.29. The van der Waals surface area contributed by atoms with Crippen LogP contribution < -0.4 is 10.9 Å². The molecule has 116 valence electrons. The Morgan fingerprint density at radius 1 is 1.17 bits per heavy atom. The van der Waals surface area contributed by atoms with Gasteiger partial charge < -0.3 is 5.32 Å². The highest BCUT2D eigenvalue weighted by Gasteiger charge is 2.09. The minimum Gasteiger partial charge on any atom is -0.350 e. The van der Waals surface area contributed by atoms with E-state index in [1.807, 2.05) is 18.2 Å². The Bertz CT molecular complexity index is 903. The highest BCUT2D eigenvalue weighted by molar-refractivity contribution is 5.94.